The summed E-state index contributed by atoms with van der Waals surface area (Å²) in [6, 6.07) is 6.08. The standard InChI is InChI=1S/C15H18N2O2/c1-10-2-3-13-12(8-10)15(16-19-13)18-14-9-17-6-4-11(14)5-7-17/h2-3,8,11,14H,4-7,9H2,1H3. The van der Waals surface area contributed by atoms with Gasteiger partial charge in [0.1, 0.15) is 6.10 Å². The largest absolute Gasteiger partial charge is 0.470 e. The van der Waals surface area contributed by atoms with Crippen molar-refractivity contribution in [1.82, 2.24) is 10.1 Å². The summed E-state index contributed by atoms with van der Waals surface area (Å²) in [6.07, 6.45) is 2.77. The quantitative estimate of drug-likeness (QED) is 0.830. The summed E-state index contributed by atoms with van der Waals surface area (Å²) < 4.78 is 11.5. The Labute approximate surface area is 112 Å². The molecule has 0 saturated carbocycles. The number of benzene rings is 1. The third kappa shape index (κ3) is 1.91. The van der Waals surface area contributed by atoms with Gasteiger partial charge < -0.3 is 9.26 Å². The third-order valence-corrected chi connectivity index (χ3v) is 4.45. The summed E-state index contributed by atoms with van der Waals surface area (Å²) in [4.78, 5) is 2.48. The highest BCUT2D eigenvalue weighted by Crippen LogP contribution is 2.33. The van der Waals surface area contributed by atoms with Crippen LogP contribution in [0.25, 0.3) is 11.0 Å². The molecule has 2 aromatic rings. The van der Waals surface area contributed by atoms with Gasteiger partial charge >= 0.3 is 0 Å². The number of hydrogen-bond donors (Lipinski definition) is 0. The van der Waals surface area contributed by atoms with Crippen molar-refractivity contribution in [3.63, 3.8) is 0 Å². The van der Waals surface area contributed by atoms with Crippen LogP contribution in [0.3, 0.4) is 0 Å². The normalized spacial score (nSPS) is 29.8. The molecule has 4 nitrogen and oxygen atoms in total. The van der Waals surface area contributed by atoms with Gasteiger partial charge in [0.15, 0.2) is 5.58 Å². The number of ether oxygens (including phenoxy) is 1. The number of nitrogens with zero attached hydrogens (tertiary/aromatic N) is 2. The van der Waals surface area contributed by atoms with E-state index in [-0.39, 0.29) is 6.10 Å². The summed E-state index contributed by atoms with van der Waals surface area (Å²) in [7, 11) is 0. The summed E-state index contributed by atoms with van der Waals surface area (Å²) >= 11 is 0. The lowest BCUT2D eigenvalue weighted by molar-refractivity contribution is -0.0106. The van der Waals surface area contributed by atoms with Gasteiger partial charge in [-0.2, -0.15) is 0 Å². The fraction of sp³-hybridized carbons (Fsp3) is 0.533. The molecular weight excluding hydrogens is 240 g/mol. The Morgan fingerprint density at radius 2 is 2.16 bits per heavy atom. The number of rotatable bonds is 2. The van der Waals surface area contributed by atoms with E-state index < -0.39 is 0 Å². The summed E-state index contributed by atoms with van der Waals surface area (Å²) in [5.74, 6) is 1.35. The second-order valence-electron chi connectivity index (χ2n) is 5.78. The van der Waals surface area contributed by atoms with E-state index in [9.17, 15) is 0 Å². The molecule has 0 spiro atoms. The Balaban J connectivity index is 1.63. The Hall–Kier alpha value is -1.55. The van der Waals surface area contributed by atoms with Crippen LogP contribution in [0.1, 0.15) is 18.4 Å². The lowest BCUT2D eigenvalue weighted by Crippen LogP contribution is -2.52. The van der Waals surface area contributed by atoms with Crippen LogP contribution >= 0.6 is 0 Å². The van der Waals surface area contributed by atoms with Crippen LogP contribution in [-0.2, 0) is 0 Å². The second kappa shape index (κ2) is 4.23. The molecule has 1 aromatic heterocycles. The van der Waals surface area contributed by atoms with Crippen LogP contribution in [0.5, 0.6) is 5.88 Å². The van der Waals surface area contributed by atoms with Gasteiger partial charge in [0.05, 0.1) is 5.39 Å². The van der Waals surface area contributed by atoms with Gasteiger partial charge in [-0.05, 0) is 56.1 Å². The van der Waals surface area contributed by atoms with Crippen molar-refractivity contribution in [3.05, 3.63) is 23.8 Å². The first kappa shape index (κ1) is 11.3. The Kier molecular flexibility index (Phi) is 2.52. The van der Waals surface area contributed by atoms with E-state index in [1.54, 1.807) is 0 Å². The van der Waals surface area contributed by atoms with E-state index in [0.29, 0.717) is 11.8 Å². The number of piperidine rings is 3. The zero-order valence-electron chi connectivity index (χ0n) is 11.1. The first-order valence-electron chi connectivity index (χ1n) is 7.04. The van der Waals surface area contributed by atoms with Crippen LogP contribution < -0.4 is 4.74 Å². The molecule has 3 aliphatic rings. The molecule has 2 bridgehead atoms. The van der Waals surface area contributed by atoms with Gasteiger partial charge in [-0.25, -0.2) is 0 Å². The fourth-order valence-corrected chi connectivity index (χ4v) is 3.30. The molecule has 3 saturated heterocycles. The van der Waals surface area contributed by atoms with Crippen molar-refractivity contribution in [2.24, 2.45) is 5.92 Å². The zero-order chi connectivity index (χ0) is 12.8. The topological polar surface area (TPSA) is 38.5 Å². The molecule has 4 heteroatoms. The number of fused-ring (bicyclic) bond motifs is 4. The first-order chi connectivity index (χ1) is 9.29. The molecule has 19 heavy (non-hydrogen) atoms. The first-order valence-corrected chi connectivity index (χ1v) is 7.04. The molecule has 3 aliphatic heterocycles. The minimum atomic E-state index is 0.274. The molecule has 5 rings (SSSR count). The fourth-order valence-electron chi connectivity index (χ4n) is 3.30. The summed E-state index contributed by atoms with van der Waals surface area (Å²) in [5.41, 5.74) is 2.01. The predicted octanol–water partition coefficient (Wildman–Crippen LogP) is 2.61. The van der Waals surface area contributed by atoms with Crippen LogP contribution in [0.4, 0.5) is 0 Å². The van der Waals surface area contributed by atoms with Gasteiger partial charge in [0, 0.05) is 6.54 Å². The average Bonchev–Trinajstić information content (AvgIpc) is 2.83. The Morgan fingerprint density at radius 3 is 2.89 bits per heavy atom. The highest BCUT2D eigenvalue weighted by Gasteiger charge is 2.36. The lowest BCUT2D eigenvalue weighted by atomic mass is 9.86. The molecule has 0 aliphatic carbocycles. The predicted molar refractivity (Wildman–Crippen MR) is 72.3 cm³/mol. The van der Waals surface area contributed by atoms with Crippen molar-refractivity contribution in [3.8, 4) is 5.88 Å². The number of aromatic nitrogens is 1. The molecule has 1 unspecified atom stereocenters. The van der Waals surface area contributed by atoms with Gasteiger partial charge in [-0.3, -0.25) is 4.90 Å². The average molecular weight is 258 g/mol. The van der Waals surface area contributed by atoms with Crippen LogP contribution in [0, 0.1) is 12.8 Å². The van der Waals surface area contributed by atoms with Crippen molar-refractivity contribution in [1.29, 1.82) is 0 Å². The number of hydrogen-bond acceptors (Lipinski definition) is 4. The van der Waals surface area contributed by atoms with E-state index in [1.807, 2.05) is 12.1 Å². The zero-order valence-corrected chi connectivity index (χ0v) is 11.1. The van der Waals surface area contributed by atoms with Crippen LogP contribution in [-0.4, -0.2) is 35.8 Å². The van der Waals surface area contributed by atoms with Crippen molar-refractivity contribution >= 4 is 11.0 Å². The minimum Gasteiger partial charge on any atom is -0.470 e. The minimum absolute atomic E-state index is 0.274. The molecule has 1 atom stereocenters. The highest BCUT2D eigenvalue weighted by molar-refractivity contribution is 5.82. The van der Waals surface area contributed by atoms with E-state index in [1.165, 1.54) is 31.5 Å². The maximum absolute atomic E-state index is 6.15. The molecule has 100 valence electrons. The van der Waals surface area contributed by atoms with Crippen LogP contribution in [0.15, 0.2) is 22.7 Å². The smallest absolute Gasteiger partial charge is 0.262 e. The second-order valence-corrected chi connectivity index (χ2v) is 5.78. The van der Waals surface area contributed by atoms with Crippen molar-refractivity contribution in [2.45, 2.75) is 25.9 Å². The molecule has 0 N–H and O–H groups in total. The molecule has 1 aromatic carbocycles. The lowest BCUT2D eigenvalue weighted by Gasteiger charge is -2.43. The number of aryl methyl sites for hydroxylation is 1. The van der Waals surface area contributed by atoms with E-state index >= 15 is 0 Å². The monoisotopic (exact) mass is 258 g/mol. The van der Waals surface area contributed by atoms with Crippen molar-refractivity contribution < 1.29 is 9.26 Å². The maximum atomic E-state index is 6.15. The van der Waals surface area contributed by atoms with Crippen LogP contribution in [0.2, 0.25) is 0 Å². The third-order valence-electron chi connectivity index (χ3n) is 4.45. The Bertz CT molecular complexity index is 599. The molecule has 4 heterocycles. The van der Waals surface area contributed by atoms with E-state index in [4.69, 9.17) is 9.26 Å². The molecule has 0 radical (unpaired) electrons. The van der Waals surface area contributed by atoms with Gasteiger partial charge in [0.25, 0.3) is 5.88 Å². The van der Waals surface area contributed by atoms with Gasteiger partial charge in [-0.15, -0.1) is 0 Å². The maximum Gasteiger partial charge on any atom is 0.262 e. The van der Waals surface area contributed by atoms with E-state index in [0.717, 1.165) is 17.5 Å². The van der Waals surface area contributed by atoms with E-state index in [2.05, 4.69) is 23.0 Å². The summed E-state index contributed by atoms with van der Waals surface area (Å²) in [6.45, 7) is 5.56. The SMILES string of the molecule is Cc1ccc2onc(OC3CN4CCC3CC4)c2c1. The van der Waals surface area contributed by atoms with Gasteiger partial charge in [-0.1, -0.05) is 11.6 Å². The molecular formula is C15H18N2O2. The molecule has 0 amide bonds. The van der Waals surface area contributed by atoms with Crippen molar-refractivity contribution in [2.75, 3.05) is 19.6 Å². The summed E-state index contributed by atoms with van der Waals surface area (Å²) in [5, 5.41) is 5.10. The highest BCUT2D eigenvalue weighted by atomic mass is 16.5. The van der Waals surface area contributed by atoms with Gasteiger partial charge in [0.2, 0.25) is 0 Å². The Morgan fingerprint density at radius 1 is 1.32 bits per heavy atom. The molecule has 3 fully saturated rings.